The molecule has 2 unspecified atom stereocenters. The average Bonchev–Trinajstić information content (AvgIpc) is 3.30. The molecule has 1 aromatic rings. The monoisotopic (exact) mass is 334 g/mol. The lowest BCUT2D eigenvalue weighted by molar-refractivity contribution is -0.141. The van der Waals surface area contributed by atoms with Gasteiger partial charge in [-0.05, 0) is 62.2 Å². The fraction of sp³-hybridized carbons (Fsp3) is 0.632. The first-order valence-corrected chi connectivity index (χ1v) is 8.86. The second kappa shape index (κ2) is 6.82. The maximum absolute atomic E-state index is 13.2. The largest absolute Gasteiger partial charge is 0.332 e. The molecule has 3 nitrogen and oxygen atoms in total. The normalized spacial score (nSPS) is 24.8. The van der Waals surface area contributed by atoms with Crippen molar-refractivity contribution in [3.63, 3.8) is 0 Å². The van der Waals surface area contributed by atoms with Gasteiger partial charge in [-0.1, -0.05) is 31.2 Å². The van der Waals surface area contributed by atoms with Crippen molar-refractivity contribution in [3.05, 3.63) is 35.4 Å². The van der Waals surface area contributed by atoms with E-state index >= 15 is 0 Å². The topological polar surface area (TPSA) is 32.3 Å². The Bertz CT molecular complexity index is 568. The fourth-order valence-electron chi connectivity index (χ4n) is 4.06. The number of nitrogens with one attached hydrogen (secondary N) is 1. The molecule has 2 aliphatic carbocycles. The lowest BCUT2D eigenvalue weighted by Gasteiger charge is -2.40. The van der Waals surface area contributed by atoms with E-state index in [1.54, 1.807) is 0 Å². The van der Waals surface area contributed by atoms with Gasteiger partial charge in [0, 0.05) is 12.0 Å². The molecule has 126 valence electrons. The van der Waals surface area contributed by atoms with Gasteiger partial charge in [0.25, 0.3) is 0 Å². The third-order valence-electron chi connectivity index (χ3n) is 5.78. The minimum Gasteiger partial charge on any atom is -0.332 e. The zero-order valence-electron chi connectivity index (χ0n) is 13.8. The molecule has 23 heavy (non-hydrogen) atoms. The predicted molar refractivity (Wildman–Crippen MR) is 94.8 cm³/mol. The molecular formula is C19H27ClN2O. The molecule has 4 rings (SSSR count). The van der Waals surface area contributed by atoms with Gasteiger partial charge in [0.15, 0.2) is 0 Å². The molecule has 0 bridgehead atoms. The van der Waals surface area contributed by atoms with Gasteiger partial charge >= 0.3 is 0 Å². The van der Waals surface area contributed by atoms with Crippen molar-refractivity contribution < 1.29 is 4.79 Å². The molecule has 0 aromatic heterocycles. The Morgan fingerprint density at radius 3 is 2.61 bits per heavy atom. The first-order chi connectivity index (χ1) is 10.8. The number of fused-ring (bicyclic) bond motifs is 1. The highest BCUT2D eigenvalue weighted by Gasteiger charge is 2.42. The number of hydrogen-bond acceptors (Lipinski definition) is 2. The van der Waals surface area contributed by atoms with E-state index in [1.807, 2.05) is 0 Å². The Balaban J connectivity index is 0.00000156. The minimum absolute atomic E-state index is 0. The van der Waals surface area contributed by atoms with Crippen molar-refractivity contribution in [2.24, 2.45) is 11.8 Å². The van der Waals surface area contributed by atoms with Crippen LogP contribution in [0.5, 0.6) is 0 Å². The van der Waals surface area contributed by atoms with Crippen LogP contribution in [-0.2, 0) is 11.2 Å². The van der Waals surface area contributed by atoms with E-state index in [4.69, 9.17) is 0 Å². The number of halogens is 1. The van der Waals surface area contributed by atoms with Crippen molar-refractivity contribution in [2.75, 3.05) is 13.1 Å². The number of benzene rings is 1. The first kappa shape index (κ1) is 16.8. The van der Waals surface area contributed by atoms with Gasteiger partial charge in [0.2, 0.25) is 5.91 Å². The summed E-state index contributed by atoms with van der Waals surface area (Å²) in [5.74, 6) is 1.10. The highest BCUT2D eigenvalue weighted by Crippen LogP contribution is 2.42. The van der Waals surface area contributed by atoms with Crippen LogP contribution in [0.15, 0.2) is 24.3 Å². The van der Waals surface area contributed by atoms with Gasteiger partial charge in [-0.2, -0.15) is 0 Å². The van der Waals surface area contributed by atoms with Crippen LogP contribution in [0, 0.1) is 11.8 Å². The van der Waals surface area contributed by atoms with Gasteiger partial charge in [-0.25, -0.2) is 0 Å². The molecule has 1 saturated carbocycles. The molecule has 2 fully saturated rings. The zero-order valence-corrected chi connectivity index (χ0v) is 14.6. The standard InChI is InChI=1S/C19H26N2O.ClH/c1-13(15-11-20-12-15)19(22)21(16-9-10-16)18-8-4-6-14-5-2-3-7-17(14)18;/h2-3,5,7,13,15-16,18,20H,4,6,8-12H2,1H3;1H. The van der Waals surface area contributed by atoms with Crippen LogP contribution in [0.4, 0.5) is 0 Å². The van der Waals surface area contributed by atoms with E-state index in [-0.39, 0.29) is 18.3 Å². The van der Waals surface area contributed by atoms with Gasteiger partial charge in [-0.3, -0.25) is 4.79 Å². The molecule has 3 aliphatic rings. The van der Waals surface area contributed by atoms with Crippen molar-refractivity contribution in [1.29, 1.82) is 0 Å². The SMILES string of the molecule is CC(C(=O)N(C1CC1)C1CCCc2ccccc21)C1CNC1.Cl. The Kier molecular flexibility index (Phi) is 4.98. The van der Waals surface area contributed by atoms with Crippen LogP contribution in [-0.4, -0.2) is 29.9 Å². The van der Waals surface area contributed by atoms with Crippen molar-refractivity contribution >= 4 is 18.3 Å². The molecule has 0 radical (unpaired) electrons. The van der Waals surface area contributed by atoms with E-state index < -0.39 is 0 Å². The van der Waals surface area contributed by atoms with Crippen molar-refractivity contribution in [3.8, 4) is 0 Å². The molecule has 1 heterocycles. The minimum atomic E-state index is 0. The second-order valence-corrected chi connectivity index (χ2v) is 7.29. The lowest BCUT2D eigenvalue weighted by Crippen LogP contribution is -2.51. The van der Waals surface area contributed by atoms with Crippen LogP contribution in [0.25, 0.3) is 0 Å². The third-order valence-corrected chi connectivity index (χ3v) is 5.78. The summed E-state index contributed by atoms with van der Waals surface area (Å²) in [6.45, 7) is 4.15. The Labute approximate surface area is 145 Å². The predicted octanol–water partition coefficient (Wildman–Crippen LogP) is 3.33. The van der Waals surface area contributed by atoms with Gasteiger partial charge < -0.3 is 10.2 Å². The van der Waals surface area contributed by atoms with Gasteiger partial charge in [0.05, 0.1) is 6.04 Å². The quantitative estimate of drug-likeness (QED) is 0.916. The van der Waals surface area contributed by atoms with E-state index in [0.717, 1.165) is 19.5 Å². The lowest BCUT2D eigenvalue weighted by atomic mass is 9.84. The molecule has 4 heteroatoms. The van der Waals surface area contributed by atoms with E-state index in [0.29, 0.717) is 23.9 Å². The maximum Gasteiger partial charge on any atom is 0.226 e. The molecule has 2 atom stereocenters. The summed E-state index contributed by atoms with van der Waals surface area (Å²) in [5.41, 5.74) is 2.86. The van der Waals surface area contributed by atoms with Crippen molar-refractivity contribution in [2.45, 2.75) is 51.1 Å². The number of nitrogens with zero attached hydrogens (tertiary/aromatic N) is 1. The number of hydrogen-bond donors (Lipinski definition) is 1. The summed E-state index contributed by atoms with van der Waals surface area (Å²) < 4.78 is 0. The van der Waals surface area contributed by atoms with Crippen LogP contribution in [0.3, 0.4) is 0 Å². The molecule has 1 aliphatic heterocycles. The van der Waals surface area contributed by atoms with Crippen LogP contribution < -0.4 is 5.32 Å². The van der Waals surface area contributed by atoms with E-state index in [1.165, 1.54) is 36.8 Å². The average molecular weight is 335 g/mol. The molecule has 1 saturated heterocycles. The number of amides is 1. The summed E-state index contributed by atoms with van der Waals surface area (Å²) in [7, 11) is 0. The summed E-state index contributed by atoms with van der Waals surface area (Å²) >= 11 is 0. The van der Waals surface area contributed by atoms with Crippen LogP contribution >= 0.6 is 12.4 Å². The maximum atomic E-state index is 13.2. The smallest absolute Gasteiger partial charge is 0.226 e. The van der Waals surface area contributed by atoms with Gasteiger partial charge in [-0.15, -0.1) is 12.4 Å². The number of carbonyl (C=O) groups excluding carboxylic acids is 1. The Morgan fingerprint density at radius 2 is 1.96 bits per heavy atom. The fourth-order valence-corrected chi connectivity index (χ4v) is 4.06. The van der Waals surface area contributed by atoms with Crippen LogP contribution in [0.2, 0.25) is 0 Å². The zero-order chi connectivity index (χ0) is 15.1. The Hall–Kier alpha value is -1.06. The highest BCUT2D eigenvalue weighted by atomic mass is 35.5. The van der Waals surface area contributed by atoms with E-state index in [9.17, 15) is 4.79 Å². The first-order valence-electron chi connectivity index (χ1n) is 8.86. The number of rotatable bonds is 4. The number of aryl methyl sites for hydroxylation is 1. The third kappa shape index (κ3) is 3.14. The number of carbonyl (C=O) groups is 1. The second-order valence-electron chi connectivity index (χ2n) is 7.29. The van der Waals surface area contributed by atoms with Crippen molar-refractivity contribution in [1.82, 2.24) is 10.2 Å². The summed E-state index contributed by atoms with van der Waals surface area (Å²) in [4.78, 5) is 15.4. The molecule has 0 spiro atoms. The molecule has 1 amide bonds. The Morgan fingerprint density at radius 1 is 1.22 bits per heavy atom. The van der Waals surface area contributed by atoms with Crippen LogP contribution in [0.1, 0.15) is 49.8 Å². The molecule has 1 N–H and O–H groups in total. The van der Waals surface area contributed by atoms with E-state index in [2.05, 4.69) is 41.4 Å². The highest BCUT2D eigenvalue weighted by molar-refractivity contribution is 5.85. The summed E-state index contributed by atoms with van der Waals surface area (Å²) in [6, 6.07) is 9.58. The molecular weight excluding hydrogens is 308 g/mol. The molecule has 1 aromatic carbocycles. The summed E-state index contributed by atoms with van der Waals surface area (Å²) in [6.07, 6.45) is 5.90. The summed E-state index contributed by atoms with van der Waals surface area (Å²) in [5, 5.41) is 3.31. The van der Waals surface area contributed by atoms with Gasteiger partial charge in [0.1, 0.15) is 0 Å².